The van der Waals surface area contributed by atoms with Crippen LogP contribution >= 0.6 is 27.3 Å². The molecule has 0 bridgehead atoms. The average Bonchev–Trinajstić information content (AvgIpc) is 2.59. The number of nitrogens with zero attached hydrogens (tertiary/aromatic N) is 1. The number of halogens is 1. The van der Waals surface area contributed by atoms with Gasteiger partial charge in [-0.15, -0.1) is 11.3 Å². The second-order valence-electron chi connectivity index (χ2n) is 3.88. The van der Waals surface area contributed by atoms with Crippen LogP contribution in [-0.2, 0) is 10.0 Å². The molecule has 2 rings (SSSR count). The summed E-state index contributed by atoms with van der Waals surface area (Å²) in [7, 11) is -3.53. The lowest BCUT2D eigenvalue weighted by Gasteiger charge is -2.05. The molecule has 0 radical (unpaired) electrons. The predicted molar refractivity (Wildman–Crippen MR) is 76.5 cm³/mol. The molecule has 7 heteroatoms. The highest BCUT2D eigenvalue weighted by atomic mass is 79.9. The number of pyridine rings is 1. The van der Waals surface area contributed by atoms with E-state index in [2.05, 4.69) is 25.6 Å². The van der Waals surface area contributed by atoms with Crippen LogP contribution in [0.1, 0.15) is 11.1 Å². The van der Waals surface area contributed by atoms with E-state index >= 15 is 0 Å². The lowest BCUT2D eigenvalue weighted by molar-refractivity contribution is 0.603. The van der Waals surface area contributed by atoms with Gasteiger partial charge in [0.25, 0.3) is 10.0 Å². The number of thiophene rings is 1. The van der Waals surface area contributed by atoms with E-state index in [-0.39, 0.29) is 4.21 Å². The molecule has 2 aromatic heterocycles. The maximum atomic E-state index is 12.1. The fourth-order valence-electron chi connectivity index (χ4n) is 1.38. The Balaban J connectivity index is 2.33. The monoisotopic (exact) mass is 346 g/mol. The number of rotatable bonds is 3. The van der Waals surface area contributed by atoms with E-state index in [4.69, 9.17) is 0 Å². The minimum atomic E-state index is -3.53. The molecule has 0 aliphatic heterocycles. The molecule has 0 saturated carbocycles. The smallest absolute Gasteiger partial charge is 0.271 e. The summed E-state index contributed by atoms with van der Waals surface area (Å²) in [4.78, 5) is 3.95. The summed E-state index contributed by atoms with van der Waals surface area (Å²) < 4.78 is 27.9. The molecule has 2 heterocycles. The van der Waals surface area contributed by atoms with Crippen molar-refractivity contribution in [3.8, 4) is 0 Å². The van der Waals surface area contributed by atoms with Gasteiger partial charge in [0, 0.05) is 6.20 Å². The highest BCUT2D eigenvalue weighted by molar-refractivity contribution is 9.11. The largest absolute Gasteiger partial charge is 0.277 e. The fraction of sp³-hybridized carbons (Fsp3) is 0.182. The molecule has 0 aliphatic carbocycles. The number of aromatic nitrogens is 1. The number of nitrogens with one attached hydrogen (secondary N) is 1. The summed E-state index contributed by atoms with van der Waals surface area (Å²) >= 11 is 4.51. The van der Waals surface area contributed by atoms with Crippen molar-refractivity contribution in [3.05, 3.63) is 39.4 Å². The van der Waals surface area contributed by atoms with Crippen molar-refractivity contribution >= 4 is 43.0 Å². The van der Waals surface area contributed by atoms with Gasteiger partial charge in [-0.1, -0.05) is 0 Å². The van der Waals surface area contributed by atoms with Crippen LogP contribution in [0.15, 0.2) is 32.5 Å². The summed E-state index contributed by atoms with van der Waals surface area (Å²) in [5.41, 5.74) is 2.28. The molecule has 0 unspecified atom stereocenters. The first-order valence-corrected chi connectivity index (χ1v) is 8.18. The van der Waals surface area contributed by atoms with E-state index in [9.17, 15) is 8.42 Å². The molecule has 0 saturated heterocycles. The van der Waals surface area contributed by atoms with Gasteiger partial charge in [-0.25, -0.2) is 8.42 Å². The minimum Gasteiger partial charge on any atom is -0.277 e. The van der Waals surface area contributed by atoms with Crippen LogP contribution in [0.3, 0.4) is 0 Å². The first-order valence-electron chi connectivity index (χ1n) is 5.09. The van der Waals surface area contributed by atoms with Crippen LogP contribution in [0.5, 0.6) is 0 Å². The van der Waals surface area contributed by atoms with Crippen LogP contribution in [0, 0.1) is 13.8 Å². The maximum Gasteiger partial charge on any atom is 0.271 e. The van der Waals surface area contributed by atoms with Crippen molar-refractivity contribution in [3.63, 3.8) is 0 Å². The van der Waals surface area contributed by atoms with Crippen LogP contribution in [0.2, 0.25) is 0 Å². The first kappa shape index (κ1) is 13.5. The molecule has 0 amide bonds. The number of hydrogen-bond acceptors (Lipinski definition) is 4. The molecule has 1 N–H and O–H groups in total. The maximum absolute atomic E-state index is 12.1. The Morgan fingerprint density at radius 3 is 2.56 bits per heavy atom. The molecule has 0 spiro atoms. The summed E-state index contributed by atoms with van der Waals surface area (Å²) in [5.74, 6) is 0. The third kappa shape index (κ3) is 2.90. The lowest BCUT2D eigenvalue weighted by atomic mass is 10.3. The molecule has 0 aliphatic rings. The standard InChI is InChI=1S/C11H11BrN2O2S2/c1-7-3-9(6-13-5-7)14-18(15,16)10-4-8(2)11(12)17-10/h3-6,14H,1-2H3. The molecule has 96 valence electrons. The van der Waals surface area contributed by atoms with Gasteiger partial charge < -0.3 is 0 Å². The number of aryl methyl sites for hydroxylation is 2. The van der Waals surface area contributed by atoms with Gasteiger partial charge in [-0.05, 0) is 53.0 Å². The molecule has 0 fully saturated rings. The van der Waals surface area contributed by atoms with Crippen molar-refractivity contribution in [1.29, 1.82) is 0 Å². The van der Waals surface area contributed by atoms with E-state index < -0.39 is 10.0 Å². The van der Waals surface area contributed by atoms with Crippen LogP contribution < -0.4 is 4.72 Å². The normalized spacial score (nSPS) is 11.5. The van der Waals surface area contributed by atoms with Gasteiger partial charge in [-0.2, -0.15) is 0 Å². The average molecular weight is 347 g/mol. The van der Waals surface area contributed by atoms with E-state index in [0.717, 1.165) is 14.9 Å². The van der Waals surface area contributed by atoms with Crippen LogP contribution in [0.4, 0.5) is 5.69 Å². The van der Waals surface area contributed by atoms with Gasteiger partial charge in [0.1, 0.15) is 4.21 Å². The Hall–Kier alpha value is -0.920. The molecule has 0 atom stereocenters. The highest BCUT2D eigenvalue weighted by Crippen LogP contribution is 2.31. The molecule has 18 heavy (non-hydrogen) atoms. The third-order valence-corrected chi connectivity index (χ3v) is 6.22. The van der Waals surface area contributed by atoms with Crippen molar-refractivity contribution in [1.82, 2.24) is 4.98 Å². The summed E-state index contributed by atoms with van der Waals surface area (Å²) in [6.07, 6.45) is 3.16. The van der Waals surface area contributed by atoms with Crippen molar-refractivity contribution < 1.29 is 8.42 Å². The van der Waals surface area contributed by atoms with Crippen LogP contribution in [-0.4, -0.2) is 13.4 Å². The van der Waals surface area contributed by atoms with Crippen molar-refractivity contribution in [2.45, 2.75) is 18.1 Å². The zero-order valence-electron chi connectivity index (χ0n) is 9.77. The number of anilines is 1. The van der Waals surface area contributed by atoms with Crippen molar-refractivity contribution in [2.24, 2.45) is 0 Å². The van der Waals surface area contributed by atoms with E-state index in [1.807, 2.05) is 13.8 Å². The number of sulfonamides is 1. The third-order valence-electron chi connectivity index (χ3n) is 2.23. The van der Waals surface area contributed by atoms with Gasteiger partial charge >= 0.3 is 0 Å². The van der Waals surface area contributed by atoms with Gasteiger partial charge in [0.05, 0.1) is 15.7 Å². The highest BCUT2D eigenvalue weighted by Gasteiger charge is 2.18. The Morgan fingerprint density at radius 2 is 2.00 bits per heavy atom. The first-order chi connectivity index (χ1) is 8.38. The molecule has 4 nitrogen and oxygen atoms in total. The summed E-state index contributed by atoms with van der Waals surface area (Å²) in [6, 6.07) is 3.38. The second kappa shape index (κ2) is 4.99. The summed E-state index contributed by atoms with van der Waals surface area (Å²) in [5, 5.41) is 0. The molecule has 2 aromatic rings. The molecular formula is C11H11BrN2O2S2. The second-order valence-corrected chi connectivity index (χ2v) is 8.16. The van der Waals surface area contributed by atoms with E-state index in [1.54, 1.807) is 18.3 Å². The SMILES string of the molecule is Cc1cncc(NS(=O)(=O)c2cc(C)c(Br)s2)c1. The Labute approximate surface area is 118 Å². The summed E-state index contributed by atoms with van der Waals surface area (Å²) in [6.45, 7) is 3.71. The lowest BCUT2D eigenvalue weighted by Crippen LogP contribution is -2.11. The molecular weight excluding hydrogens is 336 g/mol. The number of hydrogen-bond donors (Lipinski definition) is 1. The Morgan fingerprint density at radius 1 is 1.28 bits per heavy atom. The topological polar surface area (TPSA) is 59.1 Å². The van der Waals surface area contributed by atoms with E-state index in [0.29, 0.717) is 5.69 Å². The zero-order chi connectivity index (χ0) is 13.3. The van der Waals surface area contributed by atoms with Gasteiger partial charge in [0.15, 0.2) is 0 Å². The quantitative estimate of drug-likeness (QED) is 0.927. The fourth-order valence-corrected chi connectivity index (χ4v) is 4.64. The van der Waals surface area contributed by atoms with E-state index in [1.165, 1.54) is 17.5 Å². The van der Waals surface area contributed by atoms with Crippen LogP contribution in [0.25, 0.3) is 0 Å². The van der Waals surface area contributed by atoms with Gasteiger partial charge in [-0.3, -0.25) is 9.71 Å². The van der Waals surface area contributed by atoms with Crippen molar-refractivity contribution in [2.75, 3.05) is 4.72 Å². The predicted octanol–water partition coefficient (Wildman–Crippen LogP) is 3.32. The minimum absolute atomic E-state index is 0.286. The molecule has 0 aromatic carbocycles. The Bertz CT molecular complexity index is 661. The Kier molecular flexibility index (Phi) is 3.74. The zero-order valence-corrected chi connectivity index (χ0v) is 13.0. The van der Waals surface area contributed by atoms with Gasteiger partial charge in [0.2, 0.25) is 0 Å².